The summed E-state index contributed by atoms with van der Waals surface area (Å²) >= 11 is 0. The summed E-state index contributed by atoms with van der Waals surface area (Å²) < 4.78 is 37.4. The van der Waals surface area contributed by atoms with Crippen LogP contribution in [0.5, 0.6) is 0 Å². The highest BCUT2D eigenvalue weighted by Gasteiger charge is 2.32. The average molecular weight is 310 g/mol. The van der Waals surface area contributed by atoms with Gasteiger partial charge >= 0.3 is 6.18 Å². The number of carbonyl (C=O) groups is 1. The molecule has 0 aliphatic rings. The molecule has 0 saturated heterocycles. The van der Waals surface area contributed by atoms with Gasteiger partial charge < -0.3 is 10.6 Å². The molecule has 2 rings (SSSR count). The molecule has 0 atom stereocenters. The smallest absolute Gasteiger partial charge is 0.350 e. The van der Waals surface area contributed by atoms with Crippen LogP contribution in [0, 0.1) is 0 Å². The van der Waals surface area contributed by atoms with Crippen LogP contribution >= 0.6 is 0 Å². The van der Waals surface area contributed by atoms with Crippen molar-refractivity contribution in [3.05, 3.63) is 53.9 Å². The Labute approximate surface area is 124 Å². The predicted octanol–water partition coefficient (Wildman–Crippen LogP) is 2.22. The molecular formula is C14H13F3N4O. The van der Waals surface area contributed by atoms with Crippen molar-refractivity contribution in [3.8, 4) is 0 Å². The summed E-state index contributed by atoms with van der Waals surface area (Å²) in [6.07, 6.45) is -3.56. The van der Waals surface area contributed by atoms with Gasteiger partial charge in [-0.1, -0.05) is 30.3 Å². The third-order valence-electron chi connectivity index (χ3n) is 2.69. The number of halogens is 3. The van der Waals surface area contributed by atoms with Crippen LogP contribution in [-0.2, 0) is 17.5 Å². The van der Waals surface area contributed by atoms with Crippen molar-refractivity contribution in [2.24, 2.45) is 0 Å². The number of rotatable bonds is 5. The molecule has 1 aromatic heterocycles. The van der Waals surface area contributed by atoms with Gasteiger partial charge in [-0.3, -0.25) is 4.79 Å². The molecule has 0 aliphatic carbocycles. The maximum Gasteiger partial charge on any atom is 0.433 e. The second kappa shape index (κ2) is 6.88. The number of nitrogens with zero attached hydrogens (tertiary/aromatic N) is 2. The summed E-state index contributed by atoms with van der Waals surface area (Å²) in [6, 6.07) is 10.0. The minimum absolute atomic E-state index is 0.214. The van der Waals surface area contributed by atoms with E-state index in [4.69, 9.17) is 0 Å². The topological polar surface area (TPSA) is 66.9 Å². The molecule has 1 amide bonds. The number of amides is 1. The molecule has 0 bridgehead atoms. The predicted molar refractivity (Wildman–Crippen MR) is 73.8 cm³/mol. The van der Waals surface area contributed by atoms with Crippen molar-refractivity contribution >= 4 is 11.9 Å². The first-order chi connectivity index (χ1) is 10.4. The van der Waals surface area contributed by atoms with E-state index < -0.39 is 11.9 Å². The number of nitrogens with one attached hydrogen (secondary N) is 2. The van der Waals surface area contributed by atoms with E-state index in [0.717, 1.165) is 17.8 Å². The van der Waals surface area contributed by atoms with E-state index in [1.807, 2.05) is 30.3 Å². The molecule has 1 heterocycles. The molecule has 0 saturated carbocycles. The lowest BCUT2D eigenvalue weighted by Gasteiger charge is -2.09. The van der Waals surface area contributed by atoms with E-state index in [0.29, 0.717) is 6.54 Å². The number of anilines is 1. The summed E-state index contributed by atoms with van der Waals surface area (Å²) in [5.74, 6) is -0.616. The highest BCUT2D eigenvalue weighted by atomic mass is 19.4. The van der Waals surface area contributed by atoms with Gasteiger partial charge in [0.2, 0.25) is 11.9 Å². The fraction of sp³-hybridized carbons (Fsp3) is 0.214. The molecule has 2 aromatic rings. The second-order valence-corrected chi connectivity index (χ2v) is 4.38. The van der Waals surface area contributed by atoms with E-state index in [2.05, 4.69) is 20.6 Å². The zero-order chi connectivity index (χ0) is 16.0. The third kappa shape index (κ3) is 4.72. The molecule has 0 fully saturated rings. The number of benzene rings is 1. The molecular weight excluding hydrogens is 297 g/mol. The highest BCUT2D eigenvalue weighted by Crippen LogP contribution is 2.27. The van der Waals surface area contributed by atoms with Crippen molar-refractivity contribution in [2.75, 3.05) is 11.9 Å². The van der Waals surface area contributed by atoms with E-state index >= 15 is 0 Å². The van der Waals surface area contributed by atoms with Crippen molar-refractivity contribution in [1.29, 1.82) is 0 Å². The molecule has 22 heavy (non-hydrogen) atoms. The zero-order valence-electron chi connectivity index (χ0n) is 11.4. The van der Waals surface area contributed by atoms with Gasteiger partial charge in [0.1, 0.15) is 5.69 Å². The Morgan fingerprint density at radius 3 is 2.55 bits per heavy atom. The minimum atomic E-state index is -4.55. The molecule has 2 N–H and O–H groups in total. The number of alkyl halides is 3. The van der Waals surface area contributed by atoms with Crippen LogP contribution in [0.4, 0.5) is 19.1 Å². The Morgan fingerprint density at radius 2 is 1.86 bits per heavy atom. The normalized spacial score (nSPS) is 11.0. The summed E-state index contributed by atoms with van der Waals surface area (Å²) in [7, 11) is 0. The average Bonchev–Trinajstić information content (AvgIpc) is 2.51. The summed E-state index contributed by atoms with van der Waals surface area (Å²) in [6.45, 7) is 0.124. The van der Waals surface area contributed by atoms with Gasteiger partial charge in [0.05, 0.1) is 6.54 Å². The lowest BCUT2D eigenvalue weighted by molar-refractivity contribution is -0.141. The van der Waals surface area contributed by atoms with Gasteiger partial charge in [-0.05, 0) is 11.6 Å². The summed E-state index contributed by atoms with van der Waals surface area (Å²) in [5, 5.41) is 5.09. The highest BCUT2D eigenvalue weighted by molar-refractivity contribution is 5.80. The number of carbonyl (C=O) groups excluding carboxylic acids is 1. The van der Waals surface area contributed by atoms with Crippen LogP contribution < -0.4 is 10.6 Å². The molecule has 0 unspecified atom stereocenters. The number of hydrogen-bond donors (Lipinski definition) is 2. The second-order valence-electron chi connectivity index (χ2n) is 4.38. The fourth-order valence-electron chi connectivity index (χ4n) is 1.62. The van der Waals surface area contributed by atoms with Crippen LogP contribution in [0.15, 0.2) is 42.6 Å². The van der Waals surface area contributed by atoms with E-state index in [-0.39, 0.29) is 18.4 Å². The third-order valence-corrected chi connectivity index (χ3v) is 2.69. The molecule has 0 radical (unpaired) electrons. The number of hydrogen-bond acceptors (Lipinski definition) is 4. The van der Waals surface area contributed by atoms with E-state index in [9.17, 15) is 18.0 Å². The maximum absolute atomic E-state index is 12.5. The van der Waals surface area contributed by atoms with Crippen molar-refractivity contribution < 1.29 is 18.0 Å². The Balaban J connectivity index is 1.84. The largest absolute Gasteiger partial charge is 0.433 e. The maximum atomic E-state index is 12.5. The van der Waals surface area contributed by atoms with E-state index in [1.54, 1.807) is 0 Å². The zero-order valence-corrected chi connectivity index (χ0v) is 11.4. The van der Waals surface area contributed by atoms with Crippen LogP contribution in [0.25, 0.3) is 0 Å². The van der Waals surface area contributed by atoms with Gasteiger partial charge in [0, 0.05) is 12.7 Å². The molecule has 0 aliphatic heterocycles. The standard InChI is InChI=1S/C14H13F3N4O/c15-14(16,17)11-6-7-18-13(21-11)20-9-12(22)19-8-10-4-2-1-3-5-10/h1-7H,8-9H2,(H,19,22)(H,18,20,21). The van der Waals surface area contributed by atoms with Gasteiger partial charge in [-0.2, -0.15) is 13.2 Å². The lowest BCUT2D eigenvalue weighted by atomic mass is 10.2. The summed E-state index contributed by atoms with van der Waals surface area (Å²) in [5.41, 5.74) is -0.138. The SMILES string of the molecule is O=C(CNc1nccc(C(F)(F)F)n1)NCc1ccccc1. The molecule has 8 heteroatoms. The van der Waals surface area contributed by atoms with Crippen LogP contribution in [-0.4, -0.2) is 22.4 Å². The minimum Gasteiger partial charge on any atom is -0.350 e. The van der Waals surface area contributed by atoms with Gasteiger partial charge in [-0.25, -0.2) is 9.97 Å². The van der Waals surface area contributed by atoms with Crippen molar-refractivity contribution in [2.45, 2.75) is 12.7 Å². The first-order valence-corrected chi connectivity index (χ1v) is 6.40. The number of aromatic nitrogens is 2. The molecule has 5 nitrogen and oxygen atoms in total. The van der Waals surface area contributed by atoms with Crippen LogP contribution in [0.2, 0.25) is 0 Å². The Bertz CT molecular complexity index is 631. The van der Waals surface area contributed by atoms with Crippen molar-refractivity contribution in [3.63, 3.8) is 0 Å². The first kappa shape index (κ1) is 15.7. The molecule has 116 valence electrons. The fourth-order valence-corrected chi connectivity index (χ4v) is 1.62. The summed E-state index contributed by atoms with van der Waals surface area (Å²) in [4.78, 5) is 18.6. The lowest BCUT2D eigenvalue weighted by Crippen LogP contribution is -2.30. The van der Waals surface area contributed by atoms with Gasteiger partial charge in [0.25, 0.3) is 0 Å². The van der Waals surface area contributed by atoms with Crippen LogP contribution in [0.1, 0.15) is 11.3 Å². The monoisotopic (exact) mass is 310 g/mol. The van der Waals surface area contributed by atoms with Gasteiger partial charge in [-0.15, -0.1) is 0 Å². The van der Waals surface area contributed by atoms with Crippen LogP contribution in [0.3, 0.4) is 0 Å². The first-order valence-electron chi connectivity index (χ1n) is 6.40. The quantitative estimate of drug-likeness (QED) is 0.889. The van der Waals surface area contributed by atoms with Crippen molar-refractivity contribution in [1.82, 2.24) is 15.3 Å². The Morgan fingerprint density at radius 1 is 1.14 bits per heavy atom. The van der Waals surface area contributed by atoms with E-state index in [1.165, 1.54) is 0 Å². The molecule has 1 aromatic carbocycles. The Kier molecular flexibility index (Phi) is 4.92. The Hall–Kier alpha value is -2.64. The molecule has 0 spiro atoms. The van der Waals surface area contributed by atoms with Gasteiger partial charge in [0.15, 0.2) is 0 Å².